The number of nitrogens with zero attached hydrogens (tertiary/aromatic N) is 3. The molecule has 1 heterocycles. The molecule has 8 nitrogen and oxygen atoms in total. The Morgan fingerprint density at radius 3 is 2.23 bits per heavy atom. The van der Waals surface area contributed by atoms with Gasteiger partial charge in [-0.15, -0.1) is 10.2 Å². The first-order chi connectivity index (χ1) is 20.6. The second-order valence-corrected chi connectivity index (χ2v) is 13.3. The predicted octanol–water partition coefficient (Wildman–Crippen LogP) is 5.66. The molecule has 0 radical (unpaired) electrons. The average molecular weight is 582 g/mol. The minimum atomic E-state index is -0.717. The summed E-state index contributed by atoms with van der Waals surface area (Å²) in [5.74, 6) is 1.25. The first-order valence-corrected chi connectivity index (χ1v) is 15.8. The van der Waals surface area contributed by atoms with Gasteiger partial charge >= 0.3 is 0 Å². The van der Waals surface area contributed by atoms with E-state index in [1.54, 1.807) is 0 Å². The molecule has 4 N–H and O–H groups in total. The summed E-state index contributed by atoms with van der Waals surface area (Å²) >= 11 is 0. The summed E-state index contributed by atoms with van der Waals surface area (Å²) < 4.78 is 0. The molecular weight excluding hydrogens is 538 g/mol. The van der Waals surface area contributed by atoms with Crippen molar-refractivity contribution in [3.05, 3.63) is 66.2 Å². The minimum Gasteiger partial charge on any atom is -0.390 e. The number of nitrogens with two attached hydrogens (primary N) is 1. The second-order valence-electron chi connectivity index (χ2n) is 13.3. The van der Waals surface area contributed by atoms with Crippen molar-refractivity contribution < 1.29 is 14.7 Å². The number of carbonyl (C=O) groups is 2. The number of anilines is 1. The number of aromatic nitrogens is 2. The fourth-order valence-electron chi connectivity index (χ4n) is 7.25. The van der Waals surface area contributed by atoms with E-state index in [-0.39, 0.29) is 11.8 Å². The van der Waals surface area contributed by atoms with Crippen LogP contribution in [0, 0.1) is 11.8 Å². The highest BCUT2D eigenvalue weighted by Gasteiger charge is 2.49. The van der Waals surface area contributed by atoms with Gasteiger partial charge < -0.3 is 21.1 Å². The fourth-order valence-corrected chi connectivity index (χ4v) is 7.25. The van der Waals surface area contributed by atoms with Crippen LogP contribution >= 0.6 is 0 Å². The molecule has 0 saturated heterocycles. The highest BCUT2D eigenvalue weighted by molar-refractivity contribution is 5.91. The molecule has 3 aliphatic carbocycles. The summed E-state index contributed by atoms with van der Waals surface area (Å²) in [4.78, 5) is 27.8. The Hall–Kier alpha value is -3.62. The first kappa shape index (κ1) is 29.5. The minimum absolute atomic E-state index is 0.0557. The van der Waals surface area contributed by atoms with Crippen LogP contribution in [-0.2, 0) is 15.1 Å². The summed E-state index contributed by atoms with van der Waals surface area (Å²) in [5, 5.41) is 22.2. The molecule has 2 amide bonds. The van der Waals surface area contributed by atoms with E-state index in [0.717, 1.165) is 73.0 Å². The number of aliphatic hydroxyl groups is 1. The normalized spacial score (nSPS) is 26.8. The maximum Gasteiger partial charge on any atom is 0.225 e. The van der Waals surface area contributed by atoms with Crippen LogP contribution in [0.4, 0.5) is 5.82 Å². The van der Waals surface area contributed by atoms with E-state index in [9.17, 15) is 14.7 Å². The van der Waals surface area contributed by atoms with Gasteiger partial charge in [-0.05, 0) is 88.3 Å². The molecule has 3 aliphatic rings. The van der Waals surface area contributed by atoms with Crippen molar-refractivity contribution in [1.82, 2.24) is 15.1 Å². The summed E-state index contributed by atoms with van der Waals surface area (Å²) in [6, 6.07) is 20.2. The van der Waals surface area contributed by atoms with E-state index < -0.39 is 11.1 Å². The lowest BCUT2D eigenvalue weighted by Gasteiger charge is -2.49. The van der Waals surface area contributed by atoms with E-state index in [4.69, 9.17) is 5.73 Å². The van der Waals surface area contributed by atoms with E-state index >= 15 is 0 Å². The van der Waals surface area contributed by atoms with Gasteiger partial charge in [-0.1, -0.05) is 54.6 Å². The Morgan fingerprint density at radius 2 is 1.63 bits per heavy atom. The Morgan fingerprint density at radius 1 is 0.953 bits per heavy atom. The zero-order valence-corrected chi connectivity index (χ0v) is 25.3. The van der Waals surface area contributed by atoms with E-state index in [2.05, 4.69) is 27.3 Å². The summed E-state index contributed by atoms with van der Waals surface area (Å²) in [6.45, 7) is 4.66. The zero-order valence-electron chi connectivity index (χ0n) is 25.3. The fraction of sp³-hybridized carbons (Fsp3) is 0.486. The summed E-state index contributed by atoms with van der Waals surface area (Å²) in [5.41, 5.74) is 9.80. The molecule has 43 heavy (non-hydrogen) atoms. The third kappa shape index (κ3) is 6.50. The summed E-state index contributed by atoms with van der Waals surface area (Å²) in [7, 11) is 0. The largest absolute Gasteiger partial charge is 0.390 e. The lowest BCUT2D eigenvalue weighted by Crippen LogP contribution is -2.58. The lowest BCUT2D eigenvalue weighted by molar-refractivity contribution is -0.135. The van der Waals surface area contributed by atoms with Crippen LogP contribution in [0.1, 0.15) is 77.2 Å². The Labute approximate surface area is 254 Å². The highest BCUT2D eigenvalue weighted by Crippen LogP contribution is 2.46. The van der Waals surface area contributed by atoms with Crippen LogP contribution in [0.5, 0.6) is 0 Å². The number of rotatable bonds is 9. The topological polar surface area (TPSA) is 121 Å². The smallest absolute Gasteiger partial charge is 0.225 e. The van der Waals surface area contributed by atoms with Gasteiger partial charge in [-0.2, -0.15) is 0 Å². The van der Waals surface area contributed by atoms with Crippen LogP contribution in [0.25, 0.3) is 22.4 Å². The maximum absolute atomic E-state index is 13.1. The molecule has 0 aliphatic heterocycles. The third-order valence-electron chi connectivity index (χ3n) is 9.55. The van der Waals surface area contributed by atoms with Gasteiger partial charge in [0.05, 0.1) is 5.60 Å². The average Bonchev–Trinajstić information content (AvgIpc) is 3.84. The van der Waals surface area contributed by atoms with Gasteiger partial charge in [-0.25, -0.2) is 0 Å². The SMILES string of the molecule is CCN(C(=O)C1CC1)C1CCC(CC(=O)Nc2cc(-c3ccccc3)c(-c3ccc([C@]4(N)C[C@](C)(O)C4)cc3)nn2)CC1. The van der Waals surface area contributed by atoms with Crippen LogP contribution in [0.2, 0.25) is 0 Å². The monoisotopic (exact) mass is 581 g/mol. The maximum atomic E-state index is 13.1. The predicted molar refractivity (Wildman–Crippen MR) is 168 cm³/mol. The molecule has 0 spiro atoms. The van der Waals surface area contributed by atoms with E-state index in [1.165, 1.54) is 0 Å². The van der Waals surface area contributed by atoms with Crippen LogP contribution < -0.4 is 11.1 Å². The molecule has 226 valence electrons. The molecule has 0 atom stereocenters. The molecule has 0 bridgehead atoms. The molecule has 3 fully saturated rings. The van der Waals surface area contributed by atoms with Crippen molar-refractivity contribution in [1.29, 1.82) is 0 Å². The third-order valence-corrected chi connectivity index (χ3v) is 9.55. The zero-order chi connectivity index (χ0) is 30.2. The van der Waals surface area contributed by atoms with Gasteiger partial charge in [-0.3, -0.25) is 9.59 Å². The molecular formula is C35H43N5O3. The Bertz CT molecular complexity index is 1450. The highest BCUT2D eigenvalue weighted by atomic mass is 16.3. The molecule has 2 aromatic carbocycles. The second kappa shape index (κ2) is 11.8. The van der Waals surface area contributed by atoms with Gasteiger partial charge in [0, 0.05) is 41.6 Å². The molecule has 6 rings (SSSR count). The van der Waals surface area contributed by atoms with Crippen molar-refractivity contribution in [2.75, 3.05) is 11.9 Å². The number of hydrogen-bond donors (Lipinski definition) is 3. The number of amides is 2. The first-order valence-electron chi connectivity index (χ1n) is 15.8. The van der Waals surface area contributed by atoms with Crippen LogP contribution in [0.15, 0.2) is 60.7 Å². The van der Waals surface area contributed by atoms with Crippen molar-refractivity contribution in [3.8, 4) is 22.4 Å². The Balaban J connectivity index is 1.13. The summed E-state index contributed by atoms with van der Waals surface area (Å²) in [6.07, 6.45) is 7.38. The molecule has 0 unspecified atom stereocenters. The van der Waals surface area contributed by atoms with Gasteiger partial charge in [0.2, 0.25) is 11.8 Å². The van der Waals surface area contributed by atoms with Crippen molar-refractivity contribution >= 4 is 17.6 Å². The molecule has 8 heteroatoms. The van der Waals surface area contributed by atoms with Gasteiger partial charge in [0.1, 0.15) is 5.69 Å². The quantitative estimate of drug-likeness (QED) is 0.300. The lowest BCUT2D eigenvalue weighted by atomic mass is 9.63. The number of carbonyl (C=O) groups excluding carboxylic acids is 2. The number of hydrogen-bond acceptors (Lipinski definition) is 6. The van der Waals surface area contributed by atoms with Gasteiger partial charge in [0.25, 0.3) is 0 Å². The number of nitrogens with one attached hydrogen (secondary N) is 1. The van der Waals surface area contributed by atoms with Crippen molar-refractivity contribution in [3.63, 3.8) is 0 Å². The molecule has 3 aromatic rings. The van der Waals surface area contributed by atoms with E-state index in [0.29, 0.717) is 42.9 Å². The number of benzene rings is 2. The van der Waals surface area contributed by atoms with Gasteiger partial charge in [0.15, 0.2) is 5.82 Å². The standard InChI is InChI=1S/C35H43N5O3/c1-3-40(33(42)26-11-12-26)28-17-9-23(10-18-28)19-31(41)37-30-20-29(24-7-5-4-6-8-24)32(39-38-30)25-13-15-27(16-14-25)35(36)21-34(2,43)22-35/h4-8,13-16,20,23,26,28,43H,3,9-12,17-19,21-22,36H2,1-2H3,(H,37,38,41)/t23?,28?,34-,35-. The Kier molecular flexibility index (Phi) is 8.09. The van der Waals surface area contributed by atoms with Crippen LogP contribution in [-0.4, -0.2) is 50.2 Å². The molecule has 1 aromatic heterocycles. The van der Waals surface area contributed by atoms with Crippen molar-refractivity contribution in [2.45, 2.75) is 88.8 Å². The van der Waals surface area contributed by atoms with Crippen molar-refractivity contribution in [2.24, 2.45) is 17.6 Å². The van der Waals surface area contributed by atoms with Crippen LogP contribution in [0.3, 0.4) is 0 Å². The molecule has 3 saturated carbocycles. The van der Waals surface area contributed by atoms with E-state index in [1.807, 2.05) is 67.6 Å².